The van der Waals surface area contributed by atoms with Crippen LogP contribution < -0.4 is 5.32 Å². The van der Waals surface area contributed by atoms with E-state index in [9.17, 15) is 4.79 Å². The van der Waals surface area contributed by atoms with Gasteiger partial charge in [-0.25, -0.2) is 0 Å². The summed E-state index contributed by atoms with van der Waals surface area (Å²) in [6.07, 6.45) is 3.86. The number of piperidine rings is 1. The van der Waals surface area contributed by atoms with Gasteiger partial charge in [-0.2, -0.15) is 0 Å². The van der Waals surface area contributed by atoms with Crippen molar-refractivity contribution in [2.75, 3.05) is 26.3 Å². The quantitative estimate of drug-likeness (QED) is 0.927. The van der Waals surface area contributed by atoms with Gasteiger partial charge >= 0.3 is 0 Å². The molecule has 1 aromatic carbocycles. The summed E-state index contributed by atoms with van der Waals surface area (Å²) in [6.45, 7) is 4.60. The van der Waals surface area contributed by atoms with E-state index < -0.39 is 0 Å². The van der Waals surface area contributed by atoms with Crippen molar-refractivity contribution in [1.82, 2.24) is 10.2 Å². The van der Waals surface area contributed by atoms with E-state index in [1.807, 2.05) is 0 Å². The van der Waals surface area contributed by atoms with Gasteiger partial charge in [-0.05, 0) is 31.2 Å². The first kappa shape index (κ1) is 15.5. The molecule has 0 saturated carbocycles. The second kappa shape index (κ2) is 7.75. The molecule has 0 atom stereocenters. The Hall–Kier alpha value is -1.39. The molecule has 3 rings (SSSR count). The largest absolute Gasteiger partial charge is 0.381 e. The topological polar surface area (TPSA) is 41.6 Å². The number of carbonyl (C=O) groups excluding carboxylic acids is 1. The van der Waals surface area contributed by atoms with Gasteiger partial charge in [-0.3, -0.25) is 9.69 Å². The number of benzene rings is 1. The molecular weight excluding hydrogens is 276 g/mol. The van der Waals surface area contributed by atoms with E-state index in [2.05, 4.69) is 40.5 Å². The van der Waals surface area contributed by atoms with Crippen molar-refractivity contribution in [3.63, 3.8) is 0 Å². The van der Waals surface area contributed by atoms with Crippen molar-refractivity contribution < 1.29 is 9.53 Å². The average Bonchev–Trinajstić information content (AvgIpc) is 2.58. The lowest BCUT2D eigenvalue weighted by Crippen LogP contribution is -2.46. The number of hydrogen-bond donors (Lipinski definition) is 1. The van der Waals surface area contributed by atoms with Crippen LogP contribution in [0, 0.1) is 5.92 Å². The van der Waals surface area contributed by atoms with E-state index in [0.717, 1.165) is 58.5 Å². The lowest BCUT2D eigenvalue weighted by atomic mass is 9.97. The van der Waals surface area contributed by atoms with Gasteiger partial charge in [0.1, 0.15) is 0 Å². The number of likely N-dealkylation sites (tertiary alicyclic amines) is 1. The first-order valence-electron chi connectivity index (χ1n) is 8.45. The van der Waals surface area contributed by atoms with Crippen molar-refractivity contribution >= 4 is 5.91 Å². The Kier molecular flexibility index (Phi) is 5.46. The van der Waals surface area contributed by atoms with E-state index in [1.165, 1.54) is 5.56 Å². The van der Waals surface area contributed by atoms with Crippen molar-refractivity contribution in [3.8, 4) is 0 Å². The summed E-state index contributed by atoms with van der Waals surface area (Å²) in [6, 6.07) is 11.0. The Balaban J connectivity index is 1.40. The Labute approximate surface area is 132 Å². The van der Waals surface area contributed by atoms with E-state index in [4.69, 9.17) is 4.74 Å². The zero-order valence-electron chi connectivity index (χ0n) is 13.2. The van der Waals surface area contributed by atoms with Crippen LogP contribution in [-0.2, 0) is 16.1 Å². The zero-order valence-corrected chi connectivity index (χ0v) is 13.2. The van der Waals surface area contributed by atoms with Crippen molar-refractivity contribution in [1.29, 1.82) is 0 Å². The average molecular weight is 302 g/mol. The summed E-state index contributed by atoms with van der Waals surface area (Å²) in [5, 5.41) is 3.25. The fourth-order valence-corrected chi connectivity index (χ4v) is 3.36. The van der Waals surface area contributed by atoms with Gasteiger partial charge in [0, 0.05) is 44.8 Å². The van der Waals surface area contributed by atoms with Crippen LogP contribution in [0.2, 0.25) is 0 Å². The molecule has 0 unspecified atom stereocenters. The van der Waals surface area contributed by atoms with Crippen LogP contribution in [0.5, 0.6) is 0 Å². The number of hydrogen-bond acceptors (Lipinski definition) is 3. The highest BCUT2D eigenvalue weighted by atomic mass is 16.5. The predicted octanol–water partition coefficient (Wildman–Crippen LogP) is 2.19. The summed E-state index contributed by atoms with van der Waals surface area (Å²) in [4.78, 5) is 14.7. The number of nitrogens with zero attached hydrogens (tertiary/aromatic N) is 1. The Morgan fingerprint density at radius 3 is 2.45 bits per heavy atom. The van der Waals surface area contributed by atoms with E-state index >= 15 is 0 Å². The van der Waals surface area contributed by atoms with Crippen LogP contribution in [0.4, 0.5) is 0 Å². The molecule has 120 valence electrons. The molecule has 2 saturated heterocycles. The van der Waals surface area contributed by atoms with Crippen LogP contribution >= 0.6 is 0 Å². The number of ether oxygens (including phenoxy) is 1. The van der Waals surface area contributed by atoms with Crippen LogP contribution in [0.3, 0.4) is 0 Å². The molecule has 22 heavy (non-hydrogen) atoms. The molecular formula is C18H26N2O2. The summed E-state index contributed by atoms with van der Waals surface area (Å²) >= 11 is 0. The third-order valence-corrected chi connectivity index (χ3v) is 4.78. The minimum Gasteiger partial charge on any atom is -0.381 e. The molecule has 1 N–H and O–H groups in total. The first-order valence-corrected chi connectivity index (χ1v) is 8.45. The van der Waals surface area contributed by atoms with E-state index in [0.29, 0.717) is 6.04 Å². The number of amides is 1. The molecule has 0 radical (unpaired) electrons. The predicted molar refractivity (Wildman–Crippen MR) is 86.4 cm³/mol. The minimum atomic E-state index is 0.163. The highest BCUT2D eigenvalue weighted by Crippen LogP contribution is 2.18. The number of carbonyl (C=O) groups is 1. The zero-order chi connectivity index (χ0) is 15.2. The van der Waals surface area contributed by atoms with Gasteiger partial charge in [-0.15, -0.1) is 0 Å². The molecule has 0 spiro atoms. The fraction of sp³-hybridized carbons (Fsp3) is 0.611. The van der Waals surface area contributed by atoms with Gasteiger partial charge in [0.2, 0.25) is 5.91 Å². The third kappa shape index (κ3) is 4.31. The maximum Gasteiger partial charge on any atom is 0.223 e. The van der Waals surface area contributed by atoms with E-state index in [1.54, 1.807) is 0 Å². The van der Waals surface area contributed by atoms with E-state index in [-0.39, 0.29) is 11.8 Å². The highest BCUT2D eigenvalue weighted by molar-refractivity contribution is 5.79. The Bertz CT molecular complexity index is 463. The normalized spacial score (nSPS) is 21.6. The molecule has 0 bridgehead atoms. The lowest BCUT2D eigenvalue weighted by molar-refractivity contribution is -0.128. The Morgan fingerprint density at radius 2 is 1.77 bits per heavy atom. The monoisotopic (exact) mass is 302 g/mol. The number of rotatable bonds is 4. The van der Waals surface area contributed by atoms with Crippen molar-refractivity contribution in [2.24, 2.45) is 5.92 Å². The van der Waals surface area contributed by atoms with Crippen LogP contribution in [0.1, 0.15) is 31.2 Å². The number of nitrogens with one attached hydrogen (secondary N) is 1. The highest BCUT2D eigenvalue weighted by Gasteiger charge is 2.26. The first-order chi connectivity index (χ1) is 10.8. The van der Waals surface area contributed by atoms with Crippen LogP contribution in [0.25, 0.3) is 0 Å². The molecule has 2 aliphatic rings. The van der Waals surface area contributed by atoms with Gasteiger partial charge in [0.05, 0.1) is 0 Å². The second-order valence-electron chi connectivity index (χ2n) is 6.43. The molecule has 2 aliphatic heterocycles. The van der Waals surface area contributed by atoms with Crippen LogP contribution in [0.15, 0.2) is 30.3 Å². The summed E-state index contributed by atoms with van der Waals surface area (Å²) in [7, 11) is 0. The van der Waals surface area contributed by atoms with Crippen molar-refractivity contribution in [2.45, 2.75) is 38.3 Å². The minimum absolute atomic E-state index is 0.163. The Morgan fingerprint density at radius 1 is 1.09 bits per heavy atom. The van der Waals surface area contributed by atoms with Gasteiger partial charge < -0.3 is 10.1 Å². The summed E-state index contributed by atoms with van der Waals surface area (Å²) in [5.41, 5.74) is 1.37. The third-order valence-electron chi connectivity index (χ3n) is 4.78. The molecule has 1 amide bonds. The molecule has 4 nitrogen and oxygen atoms in total. The fourth-order valence-electron chi connectivity index (χ4n) is 3.36. The maximum atomic E-state index is 12.3. The second-order valence-corrected chi connectivity index (χ2v) is 6.43. The van der Waals surface area contributed by atoms with Gasteiger partial charge in [-0.1, -0.05) is 30.3 Å². The van der Waals surface area contributed by atoms with Gasteiger partial charge in [0.25, 0.3) is 0 Å². The van der Waals surface area contributed by atoms with Crippen molar-refractivity contribution in [3.05, 3.63) is 35.9 Å². The summed E-state index contributed by atoms with van der Waals surface area (Å²) < 4.78 is 5.32. The SMILES string of the molecule is O=C(NC1CCN(Cc2ccccc2)CC1)C1CCOCC1. The lowest BCUT2D eigenvalue weighted by Gasteiger charge is -2.33. The maximum absolute atomic E-state index is 12.3. The molecule has 0 aliphatic carbocycles. The standard InChI is InChI=1S/C18H26N2O2/c21-18(16-8-12-22-13-9-16)19-17-6-10-20(11-7-17)14-15-4-2-1-3-5-15/h1-5,16-17H,6-14H2,(H,19,21). The smallest absolute Gasteiger partial charge is 0.223 e. The molecule has 2 heterocycles. The molecule has 0 aromatic heterocycles. The van der Waals surface area contributed by atoms with Gasteiger partial charge in [0.15, 0.2) is 0 Å². The molecule has 4 heteroatoms. The molecule has 1 aromatic rings. The summed E-state index contributed by atoms with van der Waals surface area (Å²) in [5.74, 6) is 0.404. The molecule has 2 fully saturated rings. The van der Waals surface area contributed by atoms with Crippen LogP contribution in [-0.4, -0.2) is 43.2 Å².